The first-order valence-electron chi connectivity index (χ1n) is 10.9. The minimum absolute atomic E-state index is 0.238. The zero-order valence-corrected chi connectivity index (χ0v) is 20.9. The van der Waals surface area contributed by atoms with Crippen molar-refractivity contribution in [2.45, 2.75) is 20.8 Å². The summed E-state index contributed by atoms with van der Waals surface area (Å²) in [5.41, 5.74) is 7.07. The van der Waals surface area contributed by atoms with Crippen molar-refractivity contribution in [3.8, 4) is 0 Å². The van der Waals surface area contributed by atoms with Crippen molar-refractivity contribution in [2.75, 3.05) is 22.4 Å². The van der Waals surface area contributed by atoms with Crippen LogP contribution in [0.15, 0.2) is 77.9 Å². The van der Waals surface area contributed by atoms with Crippen LogP contribution in [0.5, 0.6) is 0 Å². The highest BCUT2D eigenvalue weighted by atomic mass is 32.2. The Bertz CT molecular complexity index is 1370. The molecule has 0 spiro atoms. The van der Waals surface area contributed by atoms with E-state index in [0.29, 0.717) is 28.2 Å². The number of hydrogen-bond acceptors (Lipinski definition) is 5. The van der Waals surface area contributed by atoms with Crippen LogP contribution >= 0.6 is 0 Å². The van der Waals surface area contributed by atoms with E-state index in [1.165, 1.54) is 0 Å². The molecule has 0 bridgehead atoms. The minimum Gasteiger partial charge on any atom is -0.322 e. The smallest absolute Gasteiger partial charge is 0.260 e. The molecule has 35 heavy (non-hydrogen) atoms. The van der Waals surface area contributed by atoms with Gasteiger partial charge in [-0.05, 0) is 73.9 Å². The summed E-state index contributed by atoms with van der Waals surface area (Å²) in [6, 6.07) is 21.1. The Morgan fingerprint density at radius 3 is 2.23 bits per heavy atom. The Labute approximate surface area is 205 Å². The van der Waals surface area contributed by atoms with Gasteiger partial charge in [-0.3, -0.25) is 13.9 Å². The van der Waals surface area contributed by atoms with E-state index in [1.54, 1.807) is 67.6 Å². The zero-order chi connectivity index (χ0) is 25.6. The van der Waals surface area contributed by atoms with Gasteiger partial charge in [0.05, 0.1) is 17.7 Å². The number of nitrogens with one attached hydrogen (secondary N) is 2. The first-order valence-corrected chi connectivity index (χ1v) is 12.7. The highest BCUT2D eigenvalue weighted by molar-refractivity contribution is 7.92. The van der Waals surface area contributed by atoms with Gasteiger partial charge in [0.15, 0.2) is 0 Å². The van der Waals surface area contributed by atoms with Crippen LogP contribution in [-0.4, -0.2) is 38.7 Å². The maximum Gasteiger partial charge on any atom is 0.260 e. The maximum atomic E-state index is 12.5. The normalized spacial score (nSPS) is 11.6. The van der Waals surface area contributed by atoms with Crippen LogP contribution in [0.3, 0.4) is 0 Å². The highest BCUT2D eigenvalue weighted by Gasteiger charge is 2.21. The molecule has 0 aliphatic carbocycles. The number of sulfonamides is 1. The summed E-state index contributed by atoms with van der Waals surface area (Å²) in [5.74, 6) is -0.820. The van der Waals surface area contributed by atoms with Crippen molar-refractivity contribution in [2.24, 2.45) is 5.10 Å². The molecule has 182 valence electrons. The fourth-order valence-corrected chi connectivity index (χ4v) is 4.12. The lowest BCUT2D eigenvalue weighted by Gasteiger charge is -2.22. The quantitative estimate of drug-likeness (QED) is 0.368. The van der Waals surface area contributed by atoms with Gasteiger partial charge >= 0.3 is 0 Å². The van der Waals surface area contributed by atoms with Gasteiger partial charge in [-0.15, -0.1) is 0 Å². The summed E-state index contributed by atoms with van der Waals surface area (Å²) in [4.78, 5) is 24.9. The lowest BCUT2D eigenvalue weighted by atomic mass is 10.1. The van der Waals surface area contributed by atoms with Gasteiger partial charge in [0.1, 0.15) is 6.54 Å². The standard InChI is InChI=1S/C26H28N4O4S/c1-18-13-14-24(15-19(18)2)30(35(4,33)34)17-25(31)29-28-20(3)22-11-8-12-23(16-22)27-26(32)21-9-6-5-7-10-21/h5-16H,17H2,1-4H3,(H,27,32)(H,29,31)/b28-20-. The molecule has 2 N–H and O–H groups in total. The first kappa shape index (κ1) is 25.6. The van der Waals surface area contributed by atoms with Gasteiger partial charge < -0.3 is 5.32 Å². The minimum atomic E-state index is -3.69. The lowest BCUT2D eigenvalue weighted by Crippen LogP contribution is -2.39. The lowest BCUT2D eigenvalue weighted by molar-refractivity contribution is -0.119. The van der Waals surface area contributed by atoms with Gasteiger partial charge in [0.2, 0.25) is 10.0 Å². The average Bonchev–Trinajstić information content (AvgIpc) is 2.83. The predicted molar refractivity (Wildman–Crippen MR) is 139 cm³/mol. The van der Waals surface area contributed by atoms with E-state index in [0.717, 1.165) is 21.7 Å². The summed E-state index contributed by atoms with van der Waals surface area (Å²) in [6.45, 7) is 5.10. The van der Waals surface area contributed by atoms with Gasteiger partial charge in [-0.1, -0.05) is 36.4 Å². The molecule has 2 amide bonds. The second kappa shape index (κ2) is 11.0. The Balaban J connectivity index is 1.69. The van der Waals surface area contributed by atoms with Crippen LogP contribution in [0.1, 0.15) is 34.0 Å². The molecule has 3 rings (SSSR count). The molecule has 8 nitrogen and oxygen atoms in total. The Kier molecular flexibility index (Phi) is 8.03. The monoisotopic (exact) mass is 492 g/mol. The van der Waals surface area contributed by atoms with E-state index in [4.69, 9.17) is 0 Å². The first-order chi connectivity index (χ1) is 16.5. The molecule has 0 aromatic heterocycles. The zero-order valence-electron chi connectivity index (χ0n) is 20.1. The largest absolute Gasteiger partial charge is 0.322 e. The van der Waals surface area contributed by atoms with Crippen molar-refractivity contribution in [1.82, 2.24) is 5.43 Å². The van der Waals surface area contributed by atoms with Gasteiger partial charge in [0, 0.05) is 11.3 Å². The fourth-order valence-electron chi connectivity index (χ4n) is 3.27. The summed E-state index contributed by atoms with van der Waals surface area (Å²) >= 11 is 0. The second-order valence-corrected chi connectivity index (χ2v) is 10.1. The van der Waals surface area contributed by atoms with Crippen LogP contribution in [0.25, 0.3) is 0 Å². The van der Waals surface area contributed by atoms with Crippen LogP contribution in [0.4, 0.5) is 11.4 Å². The summed E-state index contributed by atoms with van der Waals surface area (Å²) in [7, 11) is -3.69. The topological polar surface area (TPSA) is 108 Å². The van der Waals surface area contributed by atoms with Crippen LogP contribution in [-0.2, 0) is 14.8 Å². The number of aryl methyl sites for hydroxylation is 2. The predicted octanol–water partition coefficient (Wildman–Crippen LogP) is 3.86. The molecule has 0 aliphatic rings. The maximum absolute atomic E-state index is 12.5. The number of benzene rings is 3. The number of amides is 2. The molecule has 0 atom stereocenters. The van der Waals surface area contributed by atoms with E-state index < -0.39 is 22.5 Å². The Morgan fingerprint density at radius 1 is 0.886 bits per heavy atom. The molecular weight excluding hydrogens is 464 g/mol. The molecule has 9 heteroatoms. The van der Waals surface area contributed by atoms with Gasteiger partial charge in [0.25, 0.3) is 11.8 Å². The molecule has 0 saturated carbocycles. The van der Waals surface area contributed by atoms with Gasteiger partial charge in [-0.25, -0.2) is 13.8 Å². The van der Waals surface area contributed by atoms with Gasteiger partial charge in [-0.2, -0.15) is 5.10 Å². The molecule has 3 aromatic carbocycles. The summed E-state index contributed by atoms with van der Waals surface area (Å²) in [6.07, 6.45) is 1.05. The van der Waals surface area contributed by atoms with Crippen molar-refractivity contribution >= 4 is 38.9 Å². The Hall–Kier alpha value is -3.98. The van der Waals surface area contributed by atoms with E-state index in [1.807, 2.05) is 26.0 Å². The third-order valence-corrected chi connectivity index (χ3v) is 6.53. The summed E-state index contributed by atoms with van der Waals surface area (Å²) < 4.78 is 25.7. The number of carbonyl (C=O) groups excluding carboxylic acids is 2. The molecule has 0 fully saturated rings. The number of anilines is 2. The molecular formula is C26H28N4O4S. The molecule has 3 aromatic rings. The van der Waals surface area contributed by atoms with Crippen molar-refractivity contribution in [3.05, 3.63) is 95.1 Å². The Morgan fingerprint density at radius 2 is 1.57 bits per heavy atom. The molecule has 0 radical (unpaired) electrons. The van der Waals surface area contributed by atoms with Crippen LogP contribution < -0.4 is 15.0 Å². The highest BCUT2D eigenvalue weighted by Crippen LogP contribution is 2.21. The van der Waals surface area contributed by atoms with Crippen molar-refractivity contribution < 1.29 is 18.0 Å². The van der Waals surface area contributed by atoms with E-state index >= 15 is 0 Å². The van der Waals surface area contributed by atoms with Crippen molar-refractivity contribution in [1.29, 1.82) is 0 Å². The fraction of sp³-hybridized carbons (Fsp3) is 0.192. The van der Waals surface area contributed by atoms with E-state index in [9.17, 15) is 18.0 Å². The molecule has 0 aliphatic heterocycles. The molecule has 0 unspecified atom stereocenters. The number of rotatable bonds is 8. The van der Waals surface area contributed by atoms with Crippen LogP contribution in [0, 0.1) is 13.8 Å². The third-order valence-electron chi connectivity index (χ3n) is 5.39. The number of carbonyl (C=O) groups is 2. The SMILES string of the molecule is C/C(=N/NC(=O)CN(c1ccc(C)c(C)c1)S(C)(=O)=O)c1cccc(NC(=O)c2ccccc2)c1. The van der Waals surface area contributed by atoms with Crippen LogP contribution in [0.2, 0.25) is 0 Å². The number of hydrogen-bond donors (Lipinski definition) is 2. The summed E-state index contributed by atoms with van der Waals surface area (Å²) in [5, 5.41) is 6.95. The molecule has 0 heterocycles. The molecule has 0 saturated heterocycles. The number of nitrogens with zero attached hydrogens (tertiary/aromatic N) is 2. The third kappa shape index (κ3) is 7.00. The van der Waals surface area contributed by atoms with E-state index in [-0.39, 0.29) is 5.91 Å². The number of hydrazone groups is 1. The second-order valence-electron chi connectivity index (χ2n) is 8.17. The van der Waals surface area contributed by atoms with Crippen molar-refractivity contribution in [3.63, 3.8) is 0 Å². The van der Waals surface area contributed by atoms with E-state index in [2.05, 4.69) is 15.8 Å². The average molecular weight is 493 g/mol.